The van der Waals surface area contributed by atoms with E-state index in [9.17, 15) is 9.59 Å². The number of hydrogen-bond donors (Lipinski definition) is 2. The van der Waals surface area contributed by atoms with E-state index in [4.69, 9.17) is 0 Å². The maximum atomic E-state index is 11.5. The Labute approximate surface area is 89.2 Å². The van der Waals surface area contributed by atoms with Gasteiger partial charge in [0.1, 0.15) is 5.54 Å². The van der Waals surface area contributed by atoms with Gasteiger partial charge in [-0.2, -0.15) is 0 Å². The molecule has 2 N–H and O–H groups in total. The fourth-order valence-corrected chi connectivity index (χ4v) is 2.14. The van der Waals surface area contributed by atoms with Crippen molar-refractivity contribution in [2.24, 2.45) is 0 Å². The largest absolute Gasteiger partial charge is 0.324 e. The highest BCUT2D eigenvalue weighted by atomic mass is 16.2. The zero-order chi connectivity index (χ0) is 10.9. The van der Waals surface area contributed by atoms with Crippen LogP contribution in [-0.4, -0.2) is 42.0 Å². The van der Waals surface area contributed by atoms with Crippen LogP contribution in [0.2, 0.25) is 0 Å². The van der Waals surface area contributed by atoms with Gasteiger partial charge in [-0.3, -0.25) is 10.1 Å². The van der Waals surface area contributed by atoms with E-state index in [1.807, 2.05) is 0 Å². The SMILES string of the molecule is CC1(CCN2CCCC2)NC(=O)NC1=O. The van der Waals surface area contributed by atoms with Gasteiger partial charge >= 0.3 is 6.03 Å². The van der Waals surface area contributed by atoms with Crippen LogP contribution in [0, 0.1) is 0 Å². The van der Waals surface area contributed by atoms with Crippen LogP contribution in [0.5, 0.6) is 0 Å². The molecule has 3 amide bonds. The number of nitrogens with zero attached hydrogens (tertiary/aromatic N) is 1. The van der Waals surface area contributed by atoms with Crippen molar-refractivity contribution in [3.8, 4) is 0 Å². The van der Waals surface area contributed by atoms with Gasteiger partial charge in [0.15, 0.2) is 0 Å². The summed E-state index contributed by atoms with van der Waals surface area (Å²) >= 11 is 0. The maximum Gasteiger partial charge on any atom is 0.322 e. The molecule has 0 spiro atoms. The summed E-state index contributed by atoms with van der Waals surface area (Å²) in [5, 5.41) is 4.95. The second-order valence-electron chi connectivity index (χ2n) is 4.54. The van der Waals surface area contributed by atoms with E-state index < -0.39 is 5.54 Å². The van der Waals surface area contributed by atoms with Crippen molar-refractivity contribution < 1.29 is 9.59 Å². The molecule has 2 aliphatic heterocycles. The molecule has 0 aromatic heterocycles. The molecule has 5 heteroatoms. The topological polar surface area (TPSA) is 61.4 Å². The lowest BCUT2D eigenvalue weighted by atomic mass is 9.98. The first-order valence-corrected chi connectivity index (χ1v) is 5.46. The molecule has 2 heterocycles. The number of urea groups is 1. The summed E-state index contributed by atoms with van der Waals surface area (Å²) in [5.41, 5.74) is -0.709. The van der Waals surface area contributed by atoms with Gasteiger partial charge in [-0.1, -0.05) is 0 Å². The Morgan fingerprint density at radius 2 is 2.00 bits per heavy atom. The van der Waals surface area contributed by atoms with E-state index in [0.717, 1.165) is 19.6 Å². The lowest BCUT2D eigenvalue weighted by Crippen LogP contribution is -2.46. The highest BCUT2D eigenvalue weighted by molar-refractivity contribution is 6.06. The predicted octanol–water partition coefficient (Wildman–Crippen LogP) is 0.0704. The van der Waals surface area contributed by atoms with E-state index in [-0.39, 0.29) is 11.9 Å². The van der Waals surface area contributed by atoms with E-state index in [1.54, 1.807) is 6.92 Å². The van der Waals surface area contributed by atoms with Crippen molar-refractivity contribution in [2.45, 2.75) is 31.7 Å². The second-order valence-corrected chi connectivity index (χ2v) is 4.54. The first kappa shape index (κ1) is 10.4. The number of likely N-dealkylation sites (tertiary alicyclic amines) is 1. The van der Waals surface area contributed by atoms with Crippen molar-refractivity contribution in [1.29, 1.82) is 0 Å². The molecule has 5 nitrogen and oxygen atoms in total. The third-order valence-corrected chi connectivity index (χ3v) is 3.24. The van der Waals surface area contributed by atoms with Gasteiger partial charge in [0.05, 0.1) is 0 Å². The molecule has 1 unspecified atom stereocenters. The monoisotopic (exact) mass is 211 g/mol. The molecule has 0 aromatic carbocycles. The van der Waals surface area contributed by atoms with Crippen LogP contribution in [0.1, 0.15) is 26.2 Å². The number of hydrogen-bond acceptors (Lipinski definition) is 3. The van der Waals surface area contributed by atoms with Crippen molar-refractivity contribution in [2.75, 3.05) is 19.6 Å². The quantitative estimate of drug-likeness (QED) is 0.649. The van der Waals surface area contributed by atoms with Gasteiger partial charge in [0.25, 0.3) is 5.91 Å². The van der Waals surface area contributed by atoms with Gasteiger partial charge < -0.3 is 10.2 Å². The standard InChI is InChI=1S/C10H17N3O2/c1-10(8(14)11-9(15)12-10)4-7-13-5-2-3-6-13/h2-7H2,1H3,(H2,11,12,14,15). The summed E-state index contributed by atoms with van der Waals surface area (Å²) in [6.07, 6.45) is 3.18. The molecular formula is C10H17N3O2. The van der Waals surface area contributed by atoms with Crippen LogP contribution >= 0.6 is 0 Å². The maximum absolute atomic E-state index is 11.5. The lowest BCUT2D eigenvalue weighted by molar-refractivity contribution is -0.123. The number of carbonyl (C=O) groups excluding carboxylic acids is 2. The van der Waals surface area contributed by atoms with Crippen molar-refractivity contribution in [3.05, 3.63) is 0 Å². The second kappa shape index (κ2) is 3.81. The van der Waals surface area contributed by atoms with Crippen molar-refractivity contribution >= 4 is 11.9 Å². The fraction of sp³-hybridized carbons (Fsp3) is 0.800. The highest BCUT2D eigenvalue weighted by Gasteiger charge is 2.41. The van der Waals surface area contributed by atoms with Gasteiger partial charge in [0, 0.05) is 6.54 Å². The van der Waals surface area contributed by atoms with E-state index >= 15 is 0 Å². The smallest absolute Gasteiger partial charge is 0.322 e. The van der Waals surface area contributed by atoms with Crippen LogP contribution in [0.25, 0.3) is 0 Å². The molecular weight excluding hydrogens is 194 g/mol. The Morgan fingerprint density at radius 3 is 2.53 bits per heavy atom. The Kier molecular flexibility index (Phi) is 2.65. The predicted molar refractivity (Wildman–Crippen MR) is 55.4 cm³/mol. The Morgan fingerprint density at radius 1 is 1.33 bits per heavy atom. The van der Waals surface area contributed by atoms with Crippen molar-refractivity contribution in [3.63, 3.8) is 0 Å². The molecule has 0 bridgehead atoms. The minimum absolute atomic E-state index is 0.202. The summed E-state index contributed by atoms with van der Waals surface area (Å²) in [6.45, 7) is 4.89. The molecule has 2 fully saturated rings. The Bertz CT molecular complexity index is 286. The van der Waals surface area contributed by atoms with Crippen LogP contribution in [0.3, 0.4) is 0 Å². The molecule has 0 saturated carbocycles. The van der Waals surface area contributed by atoms with E-state index in [0.29, 0.717) is 6.42 Å². The van der Waals surface area contributed by atoms with Gasteiger partial charge in [0.2, 0.25) is 0 Å². The van der Waals surface area contributed by atoms with Gasteiger partial charge in [-0.25, -0.2) is 4.79 Å². The van der Waals surface area contributed by atoms with E-state index in [1.165, 1.54) is 12.8 Å². The third-order valence-electron chi connectivity index (χ3n) is 3.24. The third kappa shape index (κ3) is 2.12. The molecule has 15 heavy (non-hydrogen) atoms. The molecule has 0 aliphatic carbocycles. The van der Waals surface area contributed by atoms with Gasteiger partial charge in [-0.05, 0) is 39.3 Å². The van der Waals surface area contributed by atoms with Gasteiger partial charge in [-0.15, -0.1) is 0 Å². The molecule has 2 rings (SSSR count). The summed E-state index contributed by atoms with van der Waals surface area (Å²) in [6, 6.07) is -0.371. The Balaban J connectivity index is 1.87. The average molecular weight is 211 g/mol. The highest BCUT2D eigenvalue weighted by Crippen LogP contribution is 2.17. The van der Waals surface area contributed by atoms with E-state index in [2.05, 4.69) is 15.5 Å². The summed E-state index contributed by atoms with van der Waals surface area (Å²) in [4.78, 5) is 24.8. The minimum Gasteiger partial charge on any atom is -0.324 e. The first-order valence-electron chi connectivity index (χ1n) is 5.46. The number of carbonyl (C=O) groups is 2. The Hall–Kier alpha value is -1.10. The normalized spacial score (nSPS) is 31.8. The van der Waals surface area contributed by atoms with Crippen LogP contribution in [-0.2, 0) is 4.79 Å². The zero-order valence-corrected chi connectivity index (χ0v) is 9.01. The number of nitrogens with one attached hydrogen (secondary N) is 2. The number of rotatable bonds is 3. The lowest BCUT2D eigenvalue weighted by Gasteiger charge is -2.23. The first-order chi connectivity index (χ1) is 7.10. The summed E-state index contributed by atoms with van der Waals surface area (Å²) in [5.74, 6) is -0.202. The van der Waals surface area contributed by atoms with Crippen LogP contribution < -0.4 is 10.6 Å². The van der Waals surface area contributed by atoms with Crippen molar-refractivity contribution in [1.82, 2.24) is 15.5 Å². The van der Waals surface area contributed by atoms with Crippen LogP contribution in [0.15, 0.2) is 0 Å². The van der Waals surface area contributed by atoms with Crippen LogP contribution in [0.4, 0.5) is 4.79 Å². The molecule has 1 atom stereocenters. The summed E-state index contributed by atoms with van der Waals surface area (Å²) < 4.78 is 0. The average Bonchev–Trinajstić information content (AvgIpc) is 2.73. The number of imide groups is 1. The molecule has 2 aliphatic rings. The molecule has 0 aromatic rings. The minimum atomic E-state index is -0.709. The zero-order valence-electron chi connectivity index (χ0n) is 9.01. The summed E-state index contributed by atoms with van der Waals surface area (Å²) in [7, 11) is 0. The molecule has 2 saturated heterocycles. The fourth-order valence-electron chi connectivity index (χ4n) is 2.14. The molecule has 84 valence electrons. The molecule has 0 radical (unpaired) electrons. The number of amides is 3.